The Balaban J connectivity index is 1.16. The predicted octanol–water partition coefficient (Wildman–Crippen LogP) is 12.8. The van der Waals surface area contributed by atoms with Crippen LogP contribution in [0.15, 0.2) is 179 Å². The monoisotopic (exact) mass is 628 g/mol. The van der Waals surface area contributed by atoms with Crippen LogP contribution in [0.3, 0.4) is 0 Å². The molecule has 0 fully saturated rings. The van der Waals surface area contributed by atoms with E-state index in [-0.39, 0.29) is 0 Å². The quantitative estimate of drug-likeness (QED) is 0.190. The van der Waals surface area contributed by atoms with E-state index in [1.807, 2.05) is 24.4 Å². The normalized spacial score (nSPS) is 11.7. The van der Waals surface area contributed by atoms with Gasteiger partial charge >= 0.3 is 0 Å². The van der Waals surface area contributed by atoms with Crippen molar-refractivity contribution in [2.24, 2.45) is 0 Å². The molecule has 0 radical (unpaired) electrons. The summed E-state index contributed by atoms with van der Waals surface area (Å²) in [6.07, 6.45) is 3.66. The van der Waals surface area contributed by atoms with E-state index in [4.69, 9.17) is 8.83 Å². The van der Waals surface area contributed by atoms with E-state index in [9.17, 15) is 0 Å². The van der Waals surface area contributed by atoms with E-state index in [0.29, 0.717) is 0 Å². The van der Waals surface area contributed by atoms with Crippen LogP contribution in [0.25, 0.3) is 76.9 Å². The molecule has 4 nitrogen and oxygen atoms in total. The Bertz CT molecular complexity index is 2830. The van der Waals surface area contributed by atoms with Gasteiger partial charge in [-0.2, -0.15) is 0 Å². The highest BCUT2D eigenvalue weighted by molar-refractivity contribution is 6.16. The first-order chi connectivity index (χ1) is 24.3. The summed E-state index contributed by atoms with van der Waals surface area (Å²) < 4.78 is 12.7. The second kappa shape index (κ2) is 11.0. The molecular weight excluding hydrogens is 601 g/mol. The summed E-state index contributed by atoms with van der Waals surface area (Å²) in [4.78, 5) is 6.68. The Hall–Kier alpha value is -6.65. The molecule has 0 spiro atoms. The van der Waals surface area contributed by atoms with Gasteiger partial charge in [-0.1, -0.05) is 97.1 Å². The first kappa shape index (κ1) is 27.5. The number of nitrogens with zero attached hydrogens (tertiary/aromatic N) is 2. The zero-order valence-corrected chi connectivity index (χ0v) is 26.4. The molecule has 0 aliphatic heterocycles. The number of rotatable bonds is 5. The van der Waals surface area contributed by atoms with Gasteiger partial charge in [0, 0.05) is 45.3 Å². The van der Waals surface area contributed by atoms with Crippen molar-refractivity contribution < 1.29 is 8.83 Å². The van der Waals surface area contributed by atoms with Gasteiger partial charge < -0.3 is 13.7 Å². The Morgan fingerprint density at radius 1 is 0.429 bits per heavy atom. The third-order valence-corrected chi connectivity index (χ3v) is 9.55. The van der Waals surface area contributed by atoms with Gasteiger partial charge in [0.15, 0.2) is 0 Å². The molecule has 4 heteroatoms. The predicted molar refractivity (Wildman–Crippen MR) is 202 cm³/mol. The van der Waals surface area contributed by atoms with Gasteiger partial charge in [0.05, 0.1) is 11.1 Å². The van der Waals surface area contributed by atoms with Crippen LogP contribution in [0.5, 0.6) is 0 Å². The maximum atomic E-state index is 6.39. The number of para-hydroxylation sites is 1. The first-order valence-electron chi connectivity index (χ1n) is 16.4. The summed E-state index contributed by atoms with van der Waals surface area (Å²) >= 11 is 0. The number of hydrogen-bond donors (Lipinski definition) is 0. The second-order valence-corrected chi connectivity index (χ2v) is 12.4. The van der Waals surface area contributed by atoms with Crippen LogP contribution in [0.1, 0.15) is 0 Å². The van der Waals surface area contributed by atoms with E-state index in [1.165, 1.54) is 11.1 Å². The smallest absolute Gasteiger partial charge is 0.143 e. The van der Waals surface area contributed by atoms with Crippen LogP contribution in [-0.4, -0.2) is 4.98 Å². The standard InChI is InChI=1S/C45H28N2O2/c1-2-8-29(9-3-1)30-18-21-34(22-19-30)47(40-13-7-15-43-44(40)37-12-4-5-14-41(37)48-43)35-11-6-10-32(26-35)33-17-16-31-20-23-36-39-28-46-25-24-42(39)49-45(36)38(31)27-33/h1-28H. The van der Waals surface area contributed by atoms with E-state index in [2.05, 4.69) is 149 Å². The topological polar surface area (TPSA) is 42.4 Å². The lowest BCUT2D eigenvalue weighted by Crippen LogP contribution is -2.10. The summed E-state index contributed by atoms with van der Waals surface area (Å²) in [5, 5.41) is 6.50. The van der Waals surface area contributed by atoms with Crippen molar-refractivity contribution in [1.29, 1.82) is 0 Å². The van der Waals surface area contributed by atoms with Crippen molar-refractivity contribution in [3.05, 3.63) is 170 Å². The fourth-order valence-electron chi connectivity index (χ4n) is 7.20. The minimum absolute atomic E-state index is 0.847. The minimum atomic E-state index is 0.847. The van der Waals surface area contributed by atoms with E-state index < -0.39 is 0 Å². The Morgan fingerprint density at radius 2 is 1.14 bits per heavy atom. The van der Waals surface area contributed by atoms with Gasteiger partial charge in [0.2, 0.25) is 0 Å². The SMILES string of the molecule is c1ccc(-c2ccc(N(c3cccc(-c4ccc5ccc6c7cnccc7oc6c5c4)c3)c3cccc4oc5ccccc5c34)cc2)cc1. The molecule has 3 heterocycles. The van der Waals surface area contributed by atoms with Gasteiger partial charge in [0.1, 0.15) is 22.3 Å². The maximum absolute atomic E-state index is 6.39. The van der Waals surface area contributed by atoms with Crippen molar-refractivity contribution in [3.63, 3.8) is 0 Å². The number of furan rings is 2. The molecule has 230 valence electrons. The number of fused-ring (bicyclic) bond motifs is 8. The molecule has 49 heavy (non-hydrogen) atoms. The summed E-state index contributed by atoms with van der Waals surface area (Å²) in [7, 11) is 0. The lowest BCUT2D eigenvalue weighted by atomic mass is 9.99. The molecule has 0 saturated heterocycles. The largest absolute Gasteiger partial charge is 0.456 e. The van der Waals surface area contributed by atoms with Crippen molar-refractivity contribution >= 4 is 71.7 Å². The van der Waals surface area contributed by atoms with Gasteiger partial charge in [0.25, 0.3) is 0 Å². The maximum Gasteiger partial charge on any atom is 0.143 e. The summed E-state index contributed by atoms with van der Waals surface area (Å²) in [5.74, 6) is 0. The summed E-state index contributed by atoms with van der Waals surface area (Å²) in [6.45, 7) is 0. The van der Waals surface area contributed by atoms with Crippen LogP contribution >= 0.6 is 0 Å². The molecule has 0 saturated carbocycles. The Labute approximate surface area is 282 Å². The highest BCUT2D eigenvalue weighted by atomic mass is 16.3. The zero-order valence-electron chi connectivity index (χ0n) is 26.4. The van der Waals surface area contributed by atoms with Crippen molar-refractivity contribution in [1.82, 2.24) is 4.98 Å². The van der Waals surface area contributed by atoms with Crippen molar-refractivity contribution in [2.45, 2.75) is 0 Å². The highest BCUT2D eigenvalue weighted by Gasteiger charge is 2.20. The summed E-state index contributed by atoms with van der Waals surface area (Å²) in [6, 6.07) is 55.5. The molecule has 10 rings (SSSR count). The molecule has 0 atom stereocenters. The molecule has 0 aliphatic rings. The molecule has 0 aliphatic carbocycles. The molecule has 0 N–H and O–H groups in total. The first-order valence-corrected chi connectivity index (χ1v) is 16.4. The molecule has 0 amide bonds. The molecular formula is C45H28N2O2. The van der Waals surface area contributed by atoms with Gasteiger partial charge in [-0.15, -0.1) is 0 Å². The average Bonchev–Trinajstić information content (AvgIpc) is 3.75. The molecule has 0 unspecified atom stereocenters. The van der Waals surface area contributed by atoms with Crippen molar-refractivity contribution in [2.75, 3.05) is 4.90 Å². The van der Waals surface area contributed by atoms with Crippen molar-refractivity contribution in [3.8, 4) is 22.3 Å². The highest BCUT2D eigenvalue weighted by Crippen LogP contribution is 2.44. The van der Waals surface area contributed by atoms with E-state index in [0.717, 1.165) is 82.8 Å². The number of hydrogen-bond acceptors (Lipinski definition) is 4. The van der Waals surface area contributed by atoms with Gasteiger partial charge in [-0.25, -0.2) is 0 Å². The van der Waals surface area contributed by atoms with E-state index >= 15 is 0 Å². The van der Waals surface area contributed by atoms with Crippen LogP contribution < -0.4 is 4.90 Å². The molecule has 0 bridgehead atoms. The fraction of sp³-hybridized carbons (Fsp3) is 0. The van der Waals surface area contributed by atoms with E-state index in [1.54, 1.807) is 6.20 Å². The van der Waals surface area contributed by atoms with Crippen LogP contribution in [0.2, 0.25) is 0 Å². The number of aromatic nitrogens is 1. The Morgan fingerprint density at radius 3 is 2.06 bits per heavy atom. The third kappa shape index (κ3) is 4.49. The number of anilines is 3. The Kier molecular flexibility index (Phi) is 6.15. The van der Waals surface area contributed by atoms with Crippen LogP contribution in [0, 0.1) is 0 Å². The number of pyridine rings is 1. The van der Waals surface area contributed by atoms with Crippen LogP contribution in [0.4, 0.5) is 17.1 Å². The molecule has 10 aromatic rings. The fourth-order valence-corrected chi connectivity index (χ4v) is 7.20. The van der Waals surface area contributed by atoms with Crippen LogP contribution in [-0.2, 0) is 0 Å². The number of benzene rings is 7. The average molecular weight is 629 g/mol. The minimum Gasteiger partial charge on any atom is -0.456 e. The lowest BCUT2D eigenvalue weighted by Gasteiger charge is -2.27. The van der Waals surface area contributed by atoms with Gasteiger partial charge in [-0.3, -0.25) is 4.98 Å². The second-order valence-electron chi connectivity index (χ2n) is 12.4. The molecule has 3 aromatic heterocycles. The zero-order chi connectivity index (χ0) is 32.3. The third-order valence-electron chi connectivity index (χ3n) is 9.55. The lowest BCUT2D eigenvalue weighted by molar-refractivity contribution is 0.669. The molecule has 7 aromatic carbocycles. The summed E-state index contributed by atoms with van der Waals surface area (Å²) in [5.41, 5.74) is 11.2. The van der Waals surface area contributed by atoms with Gasteiger partial charge in [-0.05, 0) is 88.3 Å².